The van der Waals surface area contributed by atoms with E-state index in [1.54, 1.807) is 6.92 Å². The third kappa shape index (κ3) is 4.43. The highest BCUT2D eigenvalue weighted by atomic mass is 16.1. The molecule has 0 saturated heterocycles. The summed E-state index contributed by atoms with van der Waals surface area (Å²) < 4.78 is 0. The van der Waals surface area contributed by atoms with Crippen molar-refractivity contribution in [2.75, 3.05) is 0 Å². The van der Waals surface area contributed by atoms with Crippen molar-refractivity contribution >= 4 is 11.6 Å². The van der Waals surface area contributed by atoms with E-state index in [2.05, 4.69) is 16.9 Å². The third-order valence-electron chi connectivity index (χ3n) is 2.56. The van der Waals surface area contributed by atoms with Gasteiger partial charge in [0, 0.05) is 18.8 Å². The first-order valence-corrected chi connectivity index (χ1v) is 5.97. The molecule has 4 heteroatoms. The molecule has 0 unspecified atom stereocenters. The Hall–Kier alpha value is -1.58. The molecule has 4 nitrogen and oxygen atoms in total. The van der Waals surface area contributed by atoms with Gasteiger partial charge in [-0.3, -0.25) is 14.6 Å². The zero-order chi connectivity index (χ0) is 12.7. The number of ketones is 2. The summed E-state index contributed by atoms with van der Waals surface area (Å²) in [6, 6.07) is 0. The molecule has 0 N–H and O–H groups in total. The van der Waals surface area contributed by atoms with E-state index in [1.807, 2.05) is 0 Å². The Labute approximate surface area is 101 Å². The maximum absolute atomic E-state index is 11.8. The molecule has 92 valence electrons. The van der Waals surface area contributed by atoms with Gasteiger partial charge in [-0.25, -0.2) is 4.98 Å². The number of carbonyl (C=O) groups excluding carboxylic acids is 2. The molecular formula is C13H18N2O2. The van der Waals surface area contributed by atoms with Crippen LogP contribution in [0.5, 0.6) is 0 Å². The fourth-order valence-electron chi connectivity index (χ4n) is 1.60. The summed E-state index contributed by atoms with van der Waals surface area (Å²) in [7, 11) is 0. The highest BCUT2D eigenvalue weighted by Crippen LogP contribution is 2.07. The standard InChI is InChI=1S/C13H18N2O2/c1-3-4-5-6-11(16)9-12(17)13-10(2)14-7-8-15-13/h7-8H,3-6,9H2,1-2H3. The zero-order valence-corrected chi connectivity index (χ0v) is 10.4. The van der Waals surface area contributed by atoms with Gasteiger partial charge in [-0.15, -0.1) is 0 Å². The molecule has 0 aliphatic rings. The van der Waals surface area contributed by atoms with E-state index in [9.17, 15) is 9.59 Å². The normalized spacial score (nSPS) is 10.2. The summed E-state index contributed by atoms with van der Waals surface area (Å²) in [5.41, 5.74) is 0.898. The second kappa shape index (κ2) is 6.89. The fraction of sp³-hybridized carbons (Fsp3) is 0.538. The lowest BCUT2D eigenvalue weighted by Crippen LogP contribution is -2.11. The van der Waals surface area contributed by atoms with Crippen LogP contribution in [-0.4, -0.2) is 21.5 Å². The van der Waals surface area contributed by atoms with E-state index in [4.69, 9.17) is 0 Å². The van der Waals surface area contributed by atoms with E-state index < -0.39 is 0 Å². The number of Topliss-reactive ketones (excluding diaryl/α,β-unsaturated/α-hetero) is 2. The summed E-state index contributed by atoms with van der Waals surface area (Å²) in [5.74, 6) is -0.231. The van der Waals surface area contributed by atoms with Gasteiger partial charge in [0.25, 0.3) is 0 Å². The van der Waals surface area contributed by atoms with Crippen LogP contribution in [0.25, 0.3) is 0 Å². The van der Waals surface area contributed by atoms with Crippen LogP contribution in [0.1, 0.15) is 55.2 Å². The van der Waals surface area contributed by atoms with Crippen LogP contribution in [0.2, 0.25) is 0 Å². The van der Waals surface area contributed by atoms with E-state index in [-0.39, 0.29) is 18.0 Å². The lowest BCUT2D eigenvalue weighted by molar-refractivity contribution is -0.118. The second-order valence-corrected chi connectivity index (χ2v) is 4.09. The van der Waals surface area contributed by atoms with Gasteiger partial charge in [-0.1, -0.05) is 19.8 Å². The van der Waals surface area contributed by atoms with Crippen molar-refractivity contribution in [3.05, 3.63) is 23.8 Å². The fourth-order valence-corrected chi connectivity index (χ4v) is 1.60. The van der Waals surface area contributed by atoms with Gasteiger partial charge in [0.05, 0.1) is 12.1 Å². The molecule has 0 radical (unpaired) electrons. The first-order valence-electron chi connectivity index (χ1n) is 5.97. The largest absolute Gasteiger partial charge is 0.299 e. The minimum atomic E-state index is -0.225. The van der Waals surface area contributed by atoms with Crippen LogP contribution in [0, 0.1) is 6.92 Å². The predicted octanol–water partition coefficient (Wildman–Crippen LogP) is 2.51. The van der Waals surface area contributed by atoms with Crippen LogP contribution >= 0.6 is 0 Å². The van der Waals surface area contributed by atoms with Crippen LogP contribution < -0.4 is 0 Å². The number of hydrogen-bond donors (Lipinski definition) is 0. The minimum absolute atomic E-state index is 0.00602. The molecule has 1 aromatic heterocycles. The summed E-state index contributed by atoms with van der Waals surface area (Å²) in [5, 5.41) is 0. The Morgan fingerprint density at radius 1 is 1.18 bits per heavy atom. The third-order valence-corrected chi connectivity index (χ3v) is 2.56. The quantitative estimate of drug-likeness (QED) is 0.413. The topological polar surface area (TPSA) is 59.9 Å². The Balaban J connectivity index is 2.49. The average Bonchev–Trinajstić information content (AvgIpc) is 2.29. The first-order chi connectivity index (χ1) is 8.15. The molecule has 0 saturated carbocycles. The van der Waals surface area contributed by atoms with Gasteiger partial charge in [-0.05, 0) is 13.3 Å². The summed E-state index contributed by atoms with van der Waals surface area (Å²) >= 11 is 0. The van der Waals surface area contributed by atoms with Crippen molar-refractivity contribution in [2.24, 2.45) is 0 Å². The van der Waals surface area contributed by atoms with Gasteiger partial charge in [0.15, 0.2) is 5.78 Å². The molecule has 0 fully saturated rings. The number of hydrogen-bond acceptors (Lipinski definition) is 4. The maximum Gasteiger partial charge on any atom is 0.190 e. The van der Waals surface area contributed by atoms with Crippen molar-refractivity contribution < 1.29 is 9.59 Å². The van der Waals surface area contributed by atoms with Gasteiger partial charge < -0.3 is 0 Å². The first kappa shape index (κ1) is 13.5. The number of unbranched alkanes of at least 4 members (excludes halogenated alkanes) is 2. The number of rotatable bonds is 7. The molecule has 0 spiro atoms. The van der Waals surface area contributed by atoms with Crippen LogP contribution in [-0.2, 0) is 4.79 Å². The SMILES string of the molecule is CCCCCC(=O)CC(=O)c1nccnc1C. The van der Waals surface area contributed by atoms with Gasteiger partial charge >= 0.3 is 0 Å². The van der Waals surface area contributed by atoms with Crippen molar-refractivity contribution in [2.45, 2.75) is 46.0 Å². The van der Waals surface area contributed by atoms with E-state index in [1.165, 1.54) is 12.4 Å². The Kier molecular flexibility index (Phi) is 5.46. The Morgan fingerprint density at radius 2 is 1.88 bits per heavy atom. The van der Waals surface area contributed by atoms with Crippen molar-refractivity contribution in [3.8, 4) is 0 Å². The second-order valence-electron chi connectivity index (χ2n) is 4.09. The zero-order valence-electron chi connectivity index (χ0n) is 10.4. The minimum Gasteiger partial charge on any atom is -0.299 e. The Bertz CT molecular complexity index is 402. The highest BCUT2D eigenvalue weighted by Gasteiger charge is 2.15. The summed E-state index contributed by atoms with van der Waals surface area (Å²) in [6.45, 7) is 3.81. The maximum atomic E-state index is 11.8. The summed E-state index contributed by atoms with van der Waals surface area (Å²) in [6.07, 6.45) is 6.41. The average molecular weight is 234 g/mol. The molecule has 1 heterocycles. The van der Waals surface area contributed by atoms with Gasteiger partial charge in [0.2, 0.25) is 0 Å². The van der Waals surface area contributed by atoms with E-state index in [0.717, 1.165) is 19.3 Å². The van der Waals surface area contributed by atoms with Gasteiger partial charge in [-0.2, -0.15) is 0 Å². The van der Waals surface area contributed by atoms with Crippen LogP contribution in [0.4, 0.5) is 0 Å². The molecule has 1 aromatic rings. The molecular weight excluding hydrogens is 216 g/mol. The van der Waals surface area contributed by atoms with Crippen LogP contribution in [0.15, 0.2) is 12.4 Å². The number of aryl methyl sites for hydroxylation is 1. The monoisotopic (exact) mass is 234 g/mol. The molecule has 0 atom stereocenters. The smallest absolute Gasteiger partial charge is 0.190 e. The molecule has 0 amide bonds. The molecule has 0 aliphatic heterocycles. The molecule has 0 bridgehead atoms. The molecule has 17 heavy (non-hydrogen) atoms. The molecule has 0 aliphatic carbocycles. The Morgan fingerprint density at radius 3 is 2.53 bits per heavy atom. The van der Waals surface area contributed by atoms with Crippen LogP contribution in [0.3, 0.4) is 0 Å². The van der Waals surface area contributed by atoms with Crippen molar-refractivity contribution in [3.63, 3.8) is 0 Å². The van der Waals surface area contributed by atoms with Crippen molar-refractivity contribution in [1.82, 2.24) is 9.97 Å². The summed E-state index contributed by atoms with van der Waals surface area (Å²) in [4.78, 5) is 31.3. The predicted molar refractivity (Wildman–Crippen MR) is 64.9 cm³/mol. The molecule has 0 aromatic carbocycles. The van der Waals surface area contributed by atoms with Crippen molar-refractivity contribution in [1.29, 1.82) is 0 Å². The van der Waals surface area contributed by atoms with Gasteiger partial charge in [0.1, 0.15) is 11.5 Å². The number of aromatic nitrogens is 2. The van der Waals surface area contributed by atoms with E-state index in [0.29, 0.717) is 17.8 Å². The lowest BCUT2D eigenvalue weighted by atomic mass is 10.1. The van der Waals surface area contributed by atoms with E-state index >= 15 is 0 Å². The number of nitrogens with zero attached hydrogens (tertiary/aromatic N) is 2. The number of carbonyl (C=O) groups is 2. The molecule has 1 rings (SSSR count). The lowest BCUT2D eigenvalue weighted by Gasteiger charge is -2.02. The highest BCUT2D eigenvalue weighted by molar-refractivity contribution is 6.07.